The van der Waals surface area contributed by atoms with E-state index in [9.17, 15) is 19.8 Å². The van der Waals surface area contributed by atoms with Gasteiger partial charge in [0.05, 0.1) is 18.8 Å². The quantitative estimate of drug-likeness (QED) is 0.240. The first-order chi connectivity index (χ1) is 17.3. The Morgan fingerprint density at radius 3 is 2.64 bits per heavy atom. The van der Waals surface area contributed by atoms with Crippen LogP contribution in [-0.4, -0.2) is 89.9 Å². The third-order valence-corrected chi connectivity index (χ3v) is 5.77. The molecule has 2 N–H and O–H groups in total. The number of aliphatic hydroxyl groups excluding tert-OH is 2. The van der Waals surface area contributed by atoms with Crippen LogP contribution in [0.3, 0.4) is 0 Å². The van der Waals surface area contributed by atoms with Crippen molar-refractivity contribution < 1.29 is 34.0 Å². The van der Waals surface area contributed by atoms with E-state index in [-0.39, 0.29) is 38.6 Å². The molecule has 0 aliphatic carbocycles. The average Bonchev–Trinajstić information content (AvgIpc) is 2.86. The van der Waals surface area contributed by atoms with Gasteiger partial charge in [-0.25, -0.2) is 4.79 Å². The summed E-state index contributed by atoms with van der Waals surface area (Å²) in [5.74, 6) is 0.233. The summed E-state index contributed by atoms with van der Waals surface area (Å²) in [6.45, 7) is 13.7. The first kappa shape index (κ1) is 29.1. The fourth-order valence-corrected chi connectivity index (χ4v) is 3.91. The molecule has 2 saturated heterocycles. The zero-order valence-corrected chi connectivity index (χ0v) is 21.0. The third kappa shape index (κ3) is 8.82. The summed E-state index contributed by atoms with van der Waals surface area (Å²) in [6, 6.07) is 0. The molecule has 0 aromatic heterocycles. The molecule has 3 unspecified atom stereocenters. The summed E-state index contributed by atoms with van der Waals surface area (Å²) in [4.78, 5) is 28.3. The van der Waals surface area contributed by atoms with Crippen molar-refractivity contribution in [3.63, 3.8) is 0 Å². The molecule has 2 amide bonds. The van der Waals surface area contributed by atoms with Crippen LogP contribution in [0.4, 0.5) is 4.79 Å². The molecule has 0 bridgehead atoms. The molecule has 9 heteroatoms. The van der Waals surface area contributed by atoms with E-state index in [2.05, 4.69) is 19.7 Å². The zero-order valence-electron chi connectivity index (χ0n) is 21.0. The molecule has 3 atom stereocenters. The normalized spacial score (nSPS) is 23.8. The maximum atomic E-state index is 12.8. The van der Waals surface area contributed by atoms with Crippen molar-refractivity contribution in [1.82, 2.24) is 9.80 Å². The molecular weight excluding hydrogens is 464 g/mol. The first-order valence-electron chi connectivity index (χ1n) is 12.0. The molecule has 0 saturated carbocycles. The number of amides is 2. The van der Waals surface area contributed by atoms with Gasteiger partial charge in [0.25, 0.3) is 0 Å². The lowest BCUT2D eigenvalue weighted by Crippen LogP contribution is -2.52. The van der Waals surface area contributed by atoms with E-state index >= 15 is 0 Å². The highest BCUT2D eigenvalue weighted by molar-refractivity contribution is 5.83. The van der Waals surface area contributed by atoms with Gasteiger partial charge in [0.15, 0.2) is 0 Å². The van der Waals surface area contributed by atoms with Crippen molar-refractivity contribution in [2.24, 2.45) is 0 Å². The van der Waals surface area contributed by atoms with Crippen molar-refractivity contribution in [2.45, 2.75) is 44.7 Å². The fraction of sp³-hybridized carbons (Fsp3) is 0.481. The highest BCUT2D eigenvalue weighted by Gasteiger charge is 2.31. The van der Waals surface area contributed by atoms with Gasteiger partial charge in [0.1, 0.15) is 18.9 Å². The summed E-state index contributed by atoms with van der Waals surface area (Å²) in [6.07, 6.45) is 8.99. The lowest BCUT2D eigenvalue weighted by atomic mass is 10.1. The Balaban J connectivity index is 2.01. The van der Waals surface area contributed by atoms with E-state index in [0.29, 0.717) is 37.3 Å². The molecule has 0 radical (unpaired) electrons. The molecule has 9 nitrogen and oxygen atoms in total. The van der Waals surface area contributed by atoms with E-state index in [1.807, 2.05) is 6.92 Å². The number of rotatable bonds is 12. The lowest BCUT2D eigenvalue weighted by molar-refractivity contribution is -0.204. The number of carbonyl (C=O) groups is 2. The predicted molar refractivity (Wildman–Crippen MR) is 137 cm³/mol. The standard InChI is InChI=1S/C27H38N2O7/c1-5-9-20(10-6-2)19-34-27(33)29-13-12-28(25(32)17-29)16-21(8-4)24(11-7-3)36-26-15-22(31)14-23(18-30)35-26/h5-9,11,22-23,26,30-31H,1-2,4,10,12-19H2,3H3/b11-7-,20-9+,24-21-. The third-order valence-electron chi connectivity index (χ3n) is 5.77. The first-order valence-corrected chi connectivity index (χ1v) is 12.0. The van der Waals surface area contributed by atoms with Crippen molar-refractivity contribution in [3.8, 4) is 0 Å². The summed E-state index contributed by atoms with van der Waals surface area (Å²) >= 11 is 0. The molecule has 2 aliphatic heterocycles. The van der Waals surface area contributed by atoms with Crippen LogP contribution in [0.25, 0.3) is 0 Å². The van der Waals surface area contributed by atoms with Crippen molar-refractivity contribution in [1.29, 1.82) is 0 Å². The van der Waals surface area contributed by atoms with E-state index in [1.165, 1.54) is 4.90 Å². The summed E-state index contributed by atoms with van der Waals surface area (Å²) in [7, 11) is 0. The van der Waals surface area contributed by atoms with Gasteiger partial charge in [-0.1, -0.05) is 43.5 Å². The van der Waals surface area contributed by atoms with E-state index in [0.717, 1.165) is 5.57 Å². The van der Waals surface area contributed by atoms with Crippen molar-refractivity contribution in [3.05, 3.63) is 73.1 Å². The zero-order chi connectivity index (χ0) is 26.5. The van der Waals surface area contributed by atoms with E-state index in [4.69, 9.17) is 14.2 Å². The minimum atomic E-state index is -0.740. The molecule has 2 fully saturated rings. The Bertz CT molecular complexity index is 893. The second kappa shape index (κ2) is 15.1. The van der Waals surface area contributed by atoms with Crippen LogP contribution in [0.2, 0.25) is 0 Å². The highest BCUT2D eigenvalue weighted by atomic mass is 16.7. The van der Waals surface area contributed by atoms with Crippen LogP contribution in [0.1, 0.15) is 26.2 Å². The molecule has 198 valence electrons. The Kier molecular flexibility index (Phi) is 12.2. The number of nitrogens with zero attached hydrogens (tertiary/aromatic N) is 2. The Labute approximate surface area is 213 Å². The number of piperazine rings is 1. The topological polar surface area (TPSA) is 109 Å². The molecule has 0 aromatic carbocycles. The van der Waals surface area contributed by atoms with Gasteiger partial charge in [-0.05, 0) is 25.0 Å². The van der Waals surface area contributed by atoms with Crippen LogP contribution in [-0.2, 0) is 19.0 Å². The Morgan fingerprint density at radius 1 is 1.25 bits per heavy atom. The second-order valence-corrected chi connectivity index (χ2v) is 8.55. The second-order valence-electron chi connectivity index (χ2n) is 8.55. The summed E-state index contributed by atoms with van der Waals surface area (Å²) in [5, 5.41) is 19.5. The van der Waals surface area contributed by atoms with Gasteiger partial charge in [0.2, 0.25) is 12.2 Å². The largest absolute Gasteiger partial charge is 0.464 e. The van der Waals surface area contributed by atoms with E-state index in [1.54, 1.807) is 41.4 Å². The van der Waals surface area contributed by atoms with Gasteiger partial charge < -0.3 is 29.3 Å². The Hall–Kier alpha value is -3.14. The van der Waals surface area contributed by atoms with Crippen LogP contribution in [0, 0.1) is 0 Å². The Morgan fingerprint density at radius 2 is 2.03 bits per heavy atom. The van der Waals surface area contributed by atoms with Crippen LogP contribution < -0.4 is 0 Å². The number of ether oxygens (including phenoxy) is 3. The lowest BCUT2D eigenvalue weighted by Gasteiger charge is -2.35. The van der Waals surface area contributed by atoms with Gasteiger partial charge in [-0.2, -0.15) is 0 Å². The number of carbonyl (C=O) groups excluding carboxylic acids is 2. The molecule has 0 spiro atoms. The van der Waals surface area contributed by atoms with Gasteiger partial charge in [-0.3, -0.25) is 9.69 Å². The van der Waals surface area contributed by atoms with Gasteiger partial charge >= 0.3 is 6.09 Å². The monoisotopic (exact) mass is 502 g/mol. The van der Waals surface area contributed by atoms with E-state index < -0.39 is 24.6 Å². The summed E-state index contributed by atoms with van der Waals surface area (Å²) < 4.78 is 17.1. The number of allylic oxidation sites excluding steroid dienone is 5. The molecule has 2 rings (SSSR count). The number of aliphatic hydroxyl groups is 2. The molecular formula is C27H38N2O7. The minimum Gasteiger partial charge on any atom is -0.464 e. The molecule has 36 heavy (non-hydrogen) atoms. The average molecular weight is 503 g/mol. The van der Waals surface area contributed by atoms with Gasteiger partial charge in [0, 0.05) is 38.0 Å². The smallest absolute Gasteiger partial charge is 0.410 e. The highest BCUT2D eigenvalue weighted by Crippen LogP contribution is 2.24. The predicted octanol–water partition coefficient (Wildman–Crippen LogP) is 2.85. The maximum Gasteiger partial charge on any atom is 0.410 e. The molecule has 0 aromatic rings. The van der Waals surface area contributed by atoms with Gasteiger partial charge in [-0.15, -0.1) is 6.58 Å². The number of hydrogen-bond donors (Lipinski definition) is 2. The van der Waals surface area contributed by atoms with Crippen LogP contribution in [0.5, 0.6) is 0 Å². The van der Waals surface area contributed by atoms with Crippen molar-refractivity contribution >= 4 is 12.0 Å². The minimum absolute atomic E-state index is 0.0961. The maximum absolute atomic E-state index is 12.8. The molecule has 2 heterocycles. The molecule has 2 aliphatic rings. The SMILES string of the molecule is C=C/C=C(\CC=C)COC(=O)N1CCN(C/C(C=C)=C(/C=C\C)OC2CC(O)CC(CO)O2)C(=O)C1. The fourth-order valence-electron chi connectivity index (χ4n) is 3.91. The van der Waals surface area contributed by atoms with Crippen molar-refractivity contribution in [2.75, 3.05) is 39.4 Å². The van der Waals surface area contributed by atoms with Crippen LogP contribution in [0.15, 0.2) is 73.1 Å². The number of hydrogen-bond acceptors (Lipinski definition) is 7. The summed E-state index contributed by atoms with van der Waals surface area (Å²) in [5.41, 5.74) is 1.51. The van der Waals surface area contributed by atoms with Crippen LogP contribution >= 0.6 is 0 Å².